The monoisotopic (exact) mass is 313 g/mol. The number of benzene rings is 3. The summed E-state index contributed by atoms with van der Waals surface area (Å²) in [7, 11) is 0. The molecule has 118 valence electrons. The predicted octanol–water partition coefficient (Wildman–Crippen LogP) is 5.56. The van der Waals surface area contributed by atoms with Gasteiger partial charge in [0.2, 0.25) is 0 Å². The van der Waals surface area contributed by atoms with E-state index in [1.54, 1.807) is 0 Å². The van der Waals surface area contributed by atoms with Crippen molar-refractivity contribution in [2.75, 3.05) is 11.5 Å². The fourth-order valence-electron chi connectivity index (χ4n) is 2.52. The van der Waals surface area contributed by atoms with E-state index in [1.807, 2.05) is 48.5 Å². The van der Waals surface area contributed by atoms with Crippen LogP contribution in [0.25, 0.3) is 0 Å². The van der Waals surface area contributed by atoms with Crippen molar-refractivity contribution < 1.29 is 4.74 Å². The molecule has 0 atom stereocenters. The summed E-state index contributed by atoms with van der Waals surface area (Å²) in [6.45, 7) is 0.539. The second-order valence-corrected chi connectivity index (χ2v) is 5.30. The van der Waals surface area contributed by atoms with Gasteiger partial charge in [0.1, 0.15) is 5.75 Å². The molecule has 24 heavy (non-hydrogen) atoms. The minimum Gasteiger partial charge on any atom is -0.493 e. The van der Waals surface area contributed by atoms with Crippen LogP contribution >= 0.6 is 0 Å². The van der Waals surface area contributed by atoms with E-state index in [9.17, 15) is 0 Å². The van der Waals surface area contributed by atoms with E-state index in [2.05, 4.69) is 47.2 Å². The van der Waals surface area contributed by atoms with Crippen molar-refractivity contribution in [1.82, 2.24) is 0 Å². The molecule has 0 saturated heterocycles. The van der Waals surface area contributed by atoms with Gasteiger partial charge in [-0.2, -0.15) is 0 Å². The molecule has 0 aliphatic heterocycles. The van der Waals surface area contributed by atoms with Crippen LogP contribution in [-0.4, -0.2) is 6.61 Å². The van der Waals surface area contributed by atoms with E-state index < -0.39 is 0 Å². The van der Waals surface area contributed by atoms with Gasteiger partial charge in [-0.05, 0) is 48.5 Å². The Morgan fingerprint density at radius 3 is 1.71 bits per heavy atom. The number of rotatable bonds is 6. The average Bonchev–Trinajstić information content (AvgIpc) is 2.65. The fraction of sp³-hybridized carbons (Fsp3) is 0.0909. The third-order valence-electron chi connectivity index (χ3n) is 3.64. The zero-order valence-corrected chi connectivity index (χ0v) is 13.4. The quantitative estimate of drug-likeness (QED) is 0.436. The molecule has 0 saturated carbocycles. The van der Waals surface area contributed by atoms with Crippen molar-refractivity contribution in [2.45, 2.75) is 6.42 Å². The Bertz CT molecular complexity index is 749. The molecule has 3 aromatic rings. The van der Waals surface area contributed by atoms with Gasteiger partial charge in [0, 0.05) is 23.5 Å². The zero-order valence-electron chi connectivity index (χ0n) is 13.4. The smallest absolute Gasteiger partial charge is 0.119 e. The number of terminal acetylenes is 1. The molecule has 0 amide bonds. The van der Waals surface area contributed by atoms with Crippen molar-refractivity contribution >= 4 is 17.1 Å². The van der Waals surface area contributed by atoms with Crippen LogP contribution in [0.5, 0.6) is 5.75 Å². The molecular weight excluding hydrogens is 294 g/mol. The van der Waals surface area contributed by atoms with Gasteiger partial charge in [-0.25, -0.2) is 0 Å². The van der Waals surface area contributed by atoms with E-state index in [1.165, 1.54) is 0 Å². The summed E-state index contributed by atoms with van der Waals surface area (Å²) in [6, 6.07) is 28.7. The normalized spacial score (nSPS) is 9.96. The van der Waals surface area contributed by atoms with E-state index in [0.29, 0.717) is 13.0 Å². The summed E-state index contributed by atoms with van der Waals surface area (Å²) < 4.78 is 5.63. The van der Waals surface area contributed by atoms with E-state index in [4.69, 9.17) is 11.2 Å². The number of ether oxygens (including phenoxy) is 1. The van der Waals surface area contributed by atoms with Gasteiger partial charge in [0.15, 0.2) is 0 Å². The summed E-state index contributed by atoms with van der Waals surface area (Å²) in [5.41, 5.74) is 3.31. The van der Waals surface area contributed by atoms with Crippen LogP contribution in [-0.2, 0) is 0 Å². The number of nitrogens with zero attached hydrogens (tertiary/aromatic N) is 1. The average molecular weight is 313 g/mol. The Balaban J connectivity index is 1.90. The first-order valence-corrected chi connectivity index (χ1v) is 7.95. The lowest BCUT2D eigenvalue weighted by Crippen LogP contribution is -2.09. The highest BCUT2D eigenvalue weighted by Crippen LogP contribution is 2.34. The van der Waals surface area contributed by atoms with Gasteiger partial charge in [-0.1, -0.05) is 36.4 Å². The van der Waals surface area contributed by atoms with Crippen LogP contribution in [0.4, 0.5) is 17.1 Å². The first-order valence-electron chi connectivity index (χ1n) is 7.95. The Labute approximate surface area is 143 Å². The molecule has 2 heteroatoms. The largest absolute Gasteiger partial charge is 0.493 e. The fourth-order valence-corrected chi connectivity index (χ4v) is 2.52. The van der Waals surface area contributed by atoms with Crippen molar-refractivity contribution in [3.05, 3.63) is 84.9 Å². The highest BCUT2D eigenvalue weighted by atomic mass is 16.5. The SMILES string of the molecule is C#CCCOc1ccc(N(c2ccccc2)c2ccccc2)cc1. The highest BCUT2D eigenvalue weighted by Gasteiger charge is 2.11. The molecule has 0 radical (unpaired) electrons. The lowest BCUT2D eigenvalue weighted by molar-refractivity contribution is 0.327. The maximum Gasteiger partial charge on any atom is 0.119 e. The molecule has 3 aromatic carbocycles. The second kappa shape index (κ2) is 7.89. The third-order valence-corrected chi connectivity index (χ3v) is 3.64. The Morgan fingerprint density at radius 2 is 1.21 bits per heavy atom. The third kappa shape index (κ3) is 3.77. The second-order valence-electron chi connectivity index (χ2n) is 5.30. The topological polar surface area (TPSA) is 12.5 Å². The van der Waals surface area contributed by atoms with Gasteiger partial charge < -0.3 is 9.64 Å². The molecule has 2 nitrogen and oxygen atoms in total. The minimum atomic E-state index is 0.539. The van der Waals surface area contributed by atoms with Crippen LogP contribution in [0.2, 0.25) is 0 Å². The van der Waals surface area contributed by atoms with Gasteiger partial charge in [-0.15, -0.1) is 12.3 Å². The minimum absolute atomic E-state index is 0.539. The molecule has 0 aliphatic rings. The van der Waals surface area contributed by atoms with Crippen molar-refractivity contribution in [3.8, 4) is 18.1 Å². The first kappa shape index (κ1) is 15.7. The van der Waals surface area contributed by atoms with Gasteiger partial charge in [-0.3, -0.25) is 0 Å². The molecular formula is C22H19NO. The van der Waals surface area contributed by atoms with Crippen LogP contribution in [0.3, 0.4) is 0 Å². The first-order chi connectivity index (χ1) is 11.9. The number of hydrogen-bond acceptors (Lipinski definition) is 2. The number of anilines is 3. The lowest BCUT2D eigenvalue weighted by atomic mass is 10.2. The summed E-state index contributed by atoms with van der Waals surface area (Å²) in [5.74, 6) is 3.41. The van der Waals surface area contributed by atoms with E-state index in [0.717, 1.165) is 22.8 Å². The summed E-state index contributed by atoms with van der Waals surface area (Å²) in [6.07, 6.45) is 5.86. The molecule has 0 heterocycles. The Morgan fingerprint density at radius 1 is 0.708 bits per heavy atom. The van der Waals surface area contributed by atoms with Gasteiger partial charge >= 0.3 is 0 Å². The molecule has 0 N–H and O–H groups in total. The maximum atomic E-state index is 5.63. The molecule has 0 aromatic heterocycles. The summed E-state index contributed by atoms with van der Waals surface area (Å²) in [4.78, 5) is 2.21. The van der Waals surface area contributed by atoms with Crippen molar-refractivity contribution in [1.29, 1.82) is 0 Å². The van der Waals surface area contributed by atoms with Gasteiger partial charge in [0.25, 0.3) is 0 Å². The molecule has 0 spiro atoms. The van der Waals surface area contributed by atoms with E-state index in [-0.39, 0.29) is 0 Å². The number of hydrogen-bond donors (Lipinski definition) is 0. The molecule has 0 bridgehead atoms. The van der Waals surface area contributed by atoms with Gasteiger partial charge in [0.05, 0.1) is 6.61 Å². The van der Waals surface area contributed by atoms with Crippen LogP contribution < -0.4 is 9.64 Å². The van der Waals surface area contributed by atoms with Crippen LogP contribution in [0.1, 0.15) is 6.42 Å². The molecule has 0 aliphatic carbocycles. The Hall–Kier alpha value is -3.18. The summed E-state index contributed by atoms with van der Waals surface area (Å²) in [5, 5.41) is 0. The standard InChI is InChI=1S/C22H19NO/c1-2-3-18-24-22-16-14-21(15-17-22)23(19-10-6-4-7-11-19)20-12-8-5-9-13-20/h1,4-17H,3,18H2. The Kier molecular flexibility index (Phi) is 5.17. The summed E-state index contributed by atoms with van der Waals surface area (Å²) >= 11 is 0. The molecule has 0 fully saturated rings. The molecule has 0 unspecified atom stereocenters. The maximum absolute atomic E-state index is 5.63. The predicted molar refractivity (Wildman–Crippen MR) is 100 cm³/mol. The van der Waals surface area contributed by atoms with Crippen molar-refractivity contribution in [3.63, 3.8) is 0 Å². The number of para-hydroxylation sites is 2. The van der Waals surface area contributed by atoms with Crippen LogP contribution in [0.15, 0.2) is 84.9 Å². The van der Waals surface area contributed by atoms with E-state index >= 15 is 0 Å². The molecule has 3 rings (SSSR count). The highest BCUT2D eigenvalue weighted by molar-refractivity contribution is 5.76. The van der Waals surface area contributed by atoms with Crippen LogP contribution in [0, 0.1) is 12.3 Å². The zero-order chi connectivity index (χ0) is 16.6. The van der Waals surface area contributed by atoms with Crippen molar-refractivity contribution in [2.24, 2.45) is 0 Å². The lowest BCUT2D eigenvalue weighted by Gasteiger charge is -2.25.